The van der Waals surface area contributed by atoms with E-state index in [2.05, 4.69) is 37.5 Å². The smallest absolute Gasteiger partial charge is 0.230 e. The number of fused-ring (bicyclic) bond motifs is 1. The van der Waals surface area contributed by atoms with Crippen LogP contribution in [0.4, 0.5) is 11.8 Å². The lowest BCUT2D eigenvalue weighted by Gasteiger charge is -2.43. The summed E-state index contributed by atoms with van der Waals surface area (Å²) in [7, 11) is 0. The van der Waals surface area contributed by atoms with E-state index in [-0.39, 0.29) is 0 Å². The number of ether oxygens (including phenoxy) is 1. The van der Waals surface area contributed by atoms with Gasteiger partial charge in [-0.05, 0) is 63.9 Å². The third-order valence-corrected chi connectivity index (χ3v) is 8.51. The average Bonchev–Trinajstić information content (AvgIpc) is 3.28. The van der Waals surface area contributed by atoms with Gasteiger partial charge in [-0.15, -0.1) is 0 Å². The zero-order valence-electron chi connectivity index (χ0n) is 21.3. The molecule has 2 aromatic rings. The molecule has 36 heavy (non-hydrogen) atoms. The summed E-state index contributed by atoms with van der Waals surface area (Å²) in [6.07, 6.45) is 9.76. The molecule has 1 aliphatic carbocycles. The quantitative estimate of drug-likeness (QED) is 0.339. The van der Waals surface area contributed by atoms with Gasteiger partial charge in [-0.25, -0.2) is 0 Å². The maximum absolute atomic E-state index is 7.86. The fourth-order valence-corrected chi connectivity index (χ4v) is 6.39. The molecular weight excluding hydrogens is 474 g/mol. The van der Waals surface area contributed by atoms with Crippen LogP contribution < -0.4 is 21.3 Å². The summed E-state index contributed by atoms with van der Waals surface area (Å²) in [6, 6.07) is 2.04. The molecule has 0 aromatic carbocycles. The Hall–Kier alpha value is -2.34. The monoisotopic (exact) mass is 513 g/mol. The first-order valence-electron chi connectivity index (χ1n) is 13.3. The summed E-state index contributed by atoms with van der Waals surface area (Å²) >= 11 is 1.39. The minimum atomic E-state index is 0.361. The van der Waals surface area contributed by atoms with E-state index in [9.17, 15) is 0 Å². The van der Waals surface area contributed by atoms with Gasteiger partial charge >= 0.3 is 0 Å². The summed E-state index contributed by atoms with van der Waals surface area (Å²) in [5.41, 5.74) is 1.58. The second-order valence-electron chi connectivity index (χ2n) is 10.2. The highest BCUT2D eigenvalue weighted by Crippen LogP contribution is 2.32. The lowest BCUT2D eigenvalue weighted by atomic mass is 9.89. The largest absolute Gasteiger partial charge is 0.386 e. The third kappa shape index (κ3) is 5.96. The highest BCUT2D eigenvalue weighted by molar-refractivity contribution is 7.13. The number of hydrogen-bond donors (Lipinski definition) is 5. The van der Waals surface area contributed by atoms with Crippen molar-refractivity contribution in [2.24, 2.45) is 0 Å². The highest BCUT2D eigenvalue weighted by atomic mass is 32.1. The van der Waals surface area contributed by atoms with Crippen molar-refractivity contribution in [3.05, 3.63) is 17.6 Å². The Balaban J connectivity index is 1.26. The minimum absolute atomic E-state index is 0.361. The van der Waals surface area contributed by atoms with Gasteiger partial charge in [0, 0.05) is 69.4 Å². The molecule has 1 unspecified atom stereocenters. The third-order valence-electron chi connectivity index (χ3n) is 7.67. The predicted octanol–water partition coefficient (Wildman–Crippen LogP) is 3.08. The molecule has 196 valence electrons. The van der Waals surface area contributed by atoms with E-state index in [0.717, 1.165) is 80.3 Å². The van der Waals surface area contributed by atoms with E-state index >= 15 is 0 Å². The van der Waals surface area contributed by atoms with Crippen molar-refractivity contribution in [3.8, 4) is 0 Å². The summed E-state index contributed by atoms with van der Waals surface area (Å²) in [4.78, 5) is 13.1. The summed E-state index contributed by atoms with van der Waals surface area (Å²) < 4.78 is 9.97. The van der Waals surface area contributed by atoms with Gasteiger partial charge in [0.25, 0.3) is 0 Å². The van der Waals surface area contributed by atoms with Crippen molar-refractivity contribution in [1.82, 2.24) is 29.9 Å². The Bertz CT molecular complexity index is 1060. The second kappa shape index (κ2) is 11.8. The first kappa shape index (κ1) is 25.3. The van der Waals surface area contributed by atoms with Crippen LogP contribution in [-0.2, 0) is 4.74 Å². The Kier molecular flexibility index (Phi) is 8.30. The van der Waals surface area contributed by atoms with Crippen molar-refractivity contribution >= 4 is 39.7 Å². The van der Waals surface area contributed by atoms with Crippen molar-refractivity contribution < 1.29 is 4.74 Å². The molecule has 0 bridgehead atoms. The molecule has 1 atom stereocenters. The van der Waals surface area contributed by atoms with Crippen molar-refractivity contribution in [2.75, 3.05) is 43.5 Å². The van der Waals surface area contributed by atoms with Gasteiger partial charge in [0.05, 0.1) is 16.8 Å². The Morgan fingerprint density at radius 3 is 2.69 bits per heavy atom. The van der Waals surface area contributed by atoms with E-state index in [0.29, 0.717) is 35.8 Å². The number of hydrogen-bond acceptors (Lipinski definition) is 11. The molecule has 4 heterocycles. The number of allylic oxidation sites excluding steroid dienone is 1. The summed E-state index contributed by atoms with van der Waals surface area (Å²) in [5.74, 6) is 1.33. The van der Waals surface area contributed by atoms with Crippen LogP contribution in [0, 0.1) is 12.3 Å². The molecule has 3 aliphatic rings. The average molecular weight is 514 g/mol. The Morgan fingerprint density at radius 2 is 1.94 bits per heavy atom. The molecule has 0 radical (unpaired) electrons. The number of nitrogens with zero attached hydrogens (tertiary/aromatic N) is 4. The molecule has 2 saturated heterocycles. The van der Waals surface area contributed by atoms with Crippen LogP contribution in [0.25, 0.3) is 10.2 Å². The fourth-order valence-electron chi connectivity index (χ4n) is 5.61. The van der Waals surface area contributed by atoms with Gasteiger partial charge in [-0.2, -0.15) is 14.3 Å². The molecule has 10 nitrogen and oxygen atoms in total. The second-order valence-corrected chi connectivity index (χ2v) is 11.0. The van der Waals surface area contributed by atoms with Crippen LogP contribution >= 0.6 is 11.5 Å². The summed E-state index contributed by atoms with van der Waals surface area (Å²) in [5, 5.41) is 22.7. The van der Waals surface area contributed by atoms with E-state index < -0.39 is 0 Å². The van der Waals surface area contributed by atoms with Crippen LogP contribution in [-0.4, -0.2) is 82.5 Å². The number of aromatic nitrogens is 3. The van der Waals surface area contributed by atoms with Crippen molar-refractivity contribution in [3.63, 3.8) is 0 Å². The number of anilines is 2. The molecule has 2 aliphatic heterocycles. The fraction of sp³-hybridized carbons (Fsp3) is 0.680. The molecular formula is C25H39N9OS. The van der Waals surface area contributed by atoms with E-state index in [1.165, 1.54) is 30.6 Å². The van der Waals surface area contributed by atoms with Crippen LogP contribution in [0.5, 0.6) is 0 Å². The molecule has 0 amide bonds. The molecule has 5 rings (SSSR count). The van der Waals surface area contributed by atoms with Crippen LogP contribution in [0.1, 0.15) is 51.1 Å². The first-order chi connectivity index (χ1) is 17.6. The molecule has 0 spiro atoms. The standard InChI is InChI=1S/C25H39N9OS/c1-16-14-27-9-10-34(16)21-5-3-19(4-6-21)29-23-22-17(2)33-36-24(22)32-25(31-23)30-20(13-26)15-28-18-7-11-35-12-8-18/h13,15-16,18-19,21,26-28H,3-12,14H2,1-2H3,(H2,29,30,31,32)/b20-15+,26-13?. The highest BCUT2D eigenvalue weighted by Gasteiger charge is 2.30. The van der Waals surface area contributed by atoms with E-state index in [1.54, 1.807) is 0 Å². The van der Waals surface area contributed by atoms with Crippen LogP contribution in [0.15, 0.2) is 11.9 Å². The minimum Gasteiger partial charge on any atom is -0.386 e. The number of nitrogens with one attached hydrogen (secondary N) is 5. The molecule has 11 heteroatoms. The number of rotatable bonds is 8. The van der Waals surface area contributed by atoms with Gasteiger partial charge in [0.1, 0.15) is 5.82 Å². The van der Waals surface area contributed by atoms with Gasteiger partial charge in [0.15, 0.2) is 4.83 Å². The number of piperazine rings is 1. The lowest BCUT2D eigenvalue weighted by Crippen LogP contribution is -2.55. The molecule has 3 fully saturated rings. The Labute approximate surface area is 217 Å². The number of aryl methyl sites for hydroxylation is 1. The molecule has 5 N–H and O–H groups in total. The van der Waals surface area contributed by atoms with Gasteiger partial charge < -0.3 is 31.4 Å². The van der Waals surface area contributed by atoms with E-state index in [1.807, 2.05) is 13.1 Å². The van der Waals surface area contributed by atoms with Crippen LogP contribution in [0.2, 0.25) is 0 Å². The SMILES string of the molecule is Cc1nsc2nc(N/C(C=N)=C/NC3CCOCC3)nc(NC3CCC(N4CCNCC4C)CC3)c12. The topological polar surface area (TPSA) is 123 Å². The van der Waals surface area contributed by atoms with Crippen molar-refractivity contribution in [2.45, 2.75) is 76.5 Å². The zero-order chi connectivity index (χ0) is 24.9. The molecule has 1 saturated carbocycles. The normalized spacial score (nSPS) is 26.6. The maximum atomic E-state index is 7.86. The van der Waals surface area contributed by atoms with Gasteiger partial charge in [0.2, 0.25) is 5.95 Å². The Morgan fingerprint density at radius 1 is 1.14 bits per heavy atom. The van der Waals surface area contributed by atoms with Gasteiger partial charge in [-0.3, -0.25) is 4.90 Å². The van der Waals surface area contributed by atoms with Gasteiger partial charge in [-0.1, -0.05) is 0 Å². The van der Waals surface area contributed by atoms with Crippen LogP contribution in [0.3, 0.4) is 0 Å². The first-order valence-corrected chi connectivity index (χ1v) is 14.1. The summed E-state index contributed by atoms with van der Waals surface area (Å²) in [6.45, 7) is 9.24. The lowest BCUT2D eigenvalue weighted by molar-refractivity contribution is 0.0812. The van der Waals surface area contributed by atoms with Crippen molar-refractivity contribution in [1.29, 1.82) is 5.41 Å². The predicted molar refractivity (Wildman–Crippen MR) is 146 cm³/mol. The van der Waals surface area contributed by atoms with E-state index in [4.69, 9.17) is 20.1 Å². The molecule has 2 aromatic heterocycles. The zero-order valence-corrected chi connectivity index (χ0v) is 22.2. The maximum Gasteiger partial charge on any atom is 0.230 e.